The van der Waals surface area contributed by atoms with E-state index in [-0.39, 0.29) is 12.0 Å². The summed E-state index contributed by atoms with van der Waals surface area (Å²) in [6.45, 7) is 3.97. The number of anilines is 1. The Morgan fingerprint density at radius 1 is 1.36 bits per heavy atom. The Kier molecular flexibility index (Phi) is 4.76. The molecule has 2 unspecified atom stereocenters. The van der Waals surface area contributed by atoms with E-state index >= 15 is 0 Å². The van der Waals surface area contributed by atoms with Crippen molar-refractivity contribution in [2.24, 2.45) is 0 Å². The Bertz CT molecular complexity index is 609. The summed E-state index contributed by atoms with van der Waals surface area (Å²) in [6.07, 6.45) is 0.137. The first-order valence-corrected chi connectivity index (χ1v) is 7.18. The topological polar surface area (TPSA) is 71.8 Å². The van der Waals surface area contributed by atoms with Crippen LogP contribution in [0.1, 0.15) is 31.7 Å². The van der Waals surface area contributed by atoms with E-state index < -0.39 is 6.09 Å². The highest BCUT2D eigenvalue weighted by molar-refractivity contribution is 5.91. The lowest BCUT2D eigenvalue weighted by molar-refractivity contribution is 0.156. The van der Waals surface area contributed by atoms with Crippen molar-refractivity contribution in [1.29, 1.82) is 5.26 Å². The molecule has 6 heteroatoms. The average molecular weight is 304 g/mol. The van der Waals surface area contributed by atoms with Crippen LogP contribution in [0.3, 0.4) is 0 Å². The third-order valence-electron chi connectivity index (χ3n) is 3.81. The van der Waals surface area contributed by atoms with Crippen LogP contribution >= 0.6 is 0 Å². The maximum atomic E-state index is 12.3. The fourth-order valence-corrected chi connectivity index (χ4v) is 2.78. The Labute approximate surface area is 130 Å². The van der Waals surface area contributed by atoms with Crippen molar-refractivity contribution in [3.05, 3.63) is 17.7 Å². The van der Waals surface area contributed by atoms with Crippen molar-refractivity contribution in [2.75, 3.05) is 25.7 Å². The van der Waals surface area contributed by atoms with Crippen molar-refractivity contribution in [2.45, 2.75) is 32.2 Å². The molecule has 1 amide bonds. The molecule has 1 aromatic carbocycles. The number of amides is 1. The van der Waals surface area contributed by atoms with Crippen LogP contribution in [0.15, 0.2) is 12.1 Å². The summed E-state index contributed by atoms with van der Waals surface area (Å²) in [7, 11) is 3.08. The molecule has 0 radical (unpaired) electrons. The van der Waals surface area contributed by atoms with Gasteiger partial charge in [0.05, 0.1) is 38.5 Å². The lowest BCUT2D eigenvalue weighted by atomic mass is 9.87. The molecule has 0 saturated heterocycles. The highest BCUT2D eigenvalue weighted by atomic mass is 16.6. The number of rotatable bonds is 3. The van der Waals surface area contributed by atoms with Gasteiger partial charge in [0.15, 0.2) is 11.5 Å². The van der Waals surface area contributed by atoms with Crippen LogP contribution in [0.4, 0.5) is 10.5 Å². The number of ether oxygens (including phenoxy) is 3. The smallest absolute Gasteiger partial charge is 0.414 e. The van der Waals surface area contributed by atoms with Gasteiger partial charge in [0, 0.05) is 12.1 Å². The monoisotopic (exact) mass is 304 g/mol. The number of nitriles is 1. The van der Waals surface area contributed by atoms with E-state index in [1.54, 1.807) is 31.1 Å². The zero-order valence-corrected chi connectivity index (χ0v) is 13.3. The summed E-state index contributed by atoms with van der Waals surface area (Å²) in [4.78, 5) is 13.8. The summed E-state index contributed by atoms with van der Waals surface area (Å²) in [6, 6.07) is 5.66. The van der Waals surface area contributed by atoms with Gasteiger partial charge in [-0.1, -0.05) is 0 Å². The third-order valence-corrected chi connectivity index (χ3v) is 3.81. The number of methoxy groups -OCH3 is 2. The minimum atomic E-state index is -0.417. The van der Waals surface area contributed by atoms with Crippen LogP contribution in [0.25, 0.3) is 0 Å². The van der Waals surface area contributed by atoms with Crippen LogP contribution in [-0.4, -0.2) is 33.0 Å². The molecule has 1 aliphatic rings. The van der Waals surface area contributed by atoms with E-state index in [9.17, 15) is 10.1 Å². The van der Waals surface area contributed by atoms with E-state index in [2.05, 4.69) is 6.07 Å². The molecule has 0 spiro atoms. The lowest BCUT2D eigenvalue weighted by Gasteiger charge is -2.36. The first-order valence-electron chi connectivity index (χ1n) is 7.18. The Morgan fingerprint density at radius 2 is 2.00 bits per heavy atom. The molecule has 6 nitrogen and oxygen atoms in total. The minimum Gasteiger partial charge on any atom is -0.493 e. The molecule has 2 atom stereocenters. The summed E-state index contributed by atoms with van der Waals surface area (Å²) in [5.41, 5.74) is 1.40. The summed E-state index contributed by atoms with van der Waals surface area (Å²) >= 11 is 0. The SMILES string of the molecule is CCOC(=O)N1c2cc(OC)c(OC)cc2C(C#N)CC1C. The molecule has 0 aromatic heterocycles. The van der Waals surface area contributed by atoms with Crippen LogP contribution in [0.2, 0.25) is 0 Å². The Hall–Kier alpha value is -2.42. The molecule has 0 saturated carbocycles. The lowest BCUT2D eigenvalue weighted by Crippen LogP contribution is -2.43. The normalized spacial score (nSPS) is 19.9. The van der Waals surface area contributed by atoms with Gasteiger partial charge in [-0.05, 0) is 31.9 Å². The molecule has 1 heterocycles. The summed E-state index contributed by atoms with van der Waals surface area (Å²) < 4.78 is 15.7. The van der Waals surface area contributed by atoms with E-state index in [1.807, 2.05) is 6.92 Å². The third kappa shape index (κ3) is 2.67. The van der Waals surface area contributed by atoms with Gasteiger partial charge < -0.3 is 14.2 Å². The molecule has 0 aliphatic carbocycles. The number of hydrogen-bond donors (Lipinski definition) is 0. The standard InChI is InChI=1S/C16H20N2O4/c1-5-22-16(19)18-10(2)6-11(9-17)12-7-14(20-3)15(21-4)8-13(12)18/h7-8,10-11H,5-6H2,1-4H3. The number of hydrogen-bond acceptors (Lipinski definition) is 5. The van der Waals surface area contributed by atoms with E-state index in [4.69, 9.17) is 14.2 Å². The van der Waals surface area contributed by atoms with Gasteiger partial charge in [-0.2, -0.15) is 5.26 Å². The molecule has 0 fully saturated rings. The number of benzene rings is 1. The van der Waals surface area contributed by atoms with E-state index in [1.165, 1.54) is 7.11 Å². The first-order chi connectivity index (χ1) is 10.6. The predicted octanol–water partition coefficient (Wildman–Crippen LogP) is 3.07. The van der Waals surface area contributed by atoms with Gasteiger partial charge in [0.2, 0.25) is 0 Å². The van der Waals surface area contributed by atoms with Crippen LogP contribution < -0.4 is 14.4 Å². The molecular weight excluding hydrogens is 284 g/mol. The predicted molar refractivity (Wildman–Crippen MR) is 81.5 cm³/mol. The molecule has 118 valence electrons. The van der Waals surface area contributed by atoms with Crippen LogP contribution in [-0.2, 0) is 4.74 Å². The van der Waals surface area contributed by atoms with Crippen molar-refractivity contribution >= 4 is 11.8 Å². The fourth-order valence-electron chi connectivity index (χ4n) is 2.78. The highest BCUT2D eigenvalue weighted by Crippen LogP contribution is 2.44. The largest absolute Gasteiger partial charge is 0.493 e. The van der Waals surface area contributed by atoms with E-state index in [0.29, 0.717) is 30.2 Å². The second-order valence-corrected chi connectivity index (χ2v) is 5.10. The Balaban J connectivity index is 2.59. The maximum absolute atomic E-state index is 12.3. The van der Waals surface area contributed by atoms with Gasteiger partial charge in [0.1, 0.15) is 0 Å². The fraction of sp³-hybridized carbons (Fsp3) is 0.500. The quantitative estimate of drug-likeness (QED) is 0.858. The molecule has 22 heavy (non-hydrogen) atoms. The molecule has 2 rings (SSSR count). The van der Waals surface area contributed by atoms with Crippen molar-refractivity contribution in [3.8, 4) is 17.6 Å². The summed E-state index contributed by atoms with van der Waals surface area (Å²) in [5.74, 6) is 0.761. The summed E-state index contributed by atoms with van der Waals surface area (Å²) in [5, 5.41) is 9.42. The molecule has 1 aliphatic heterocycles. The first kappa shape index (κ1) is 16.0. The second kappa shape index (κ2) is 6.56. The van der Waals surface area contributed by atoms with Crippen LogP contribution in [0.5, 0.6) is 11.5 Å². The molecular formula is C16H20N2O4. The zero-order valence-electron chi connectivity index (χ0n) is 13.3. The van der Waals surface area contributed by atoms with Crippen molar-refractivity contribution < 1.29 is 19.0 Å². The van der Waals surface area contributed by atoms with Crippen LogP contribution in [0, 0.1) is 11.3 Å². The second-order valence-electron chi connectivity index (χ2n) is 5.10. The zero-order chi connectivity index (χ0) is 16.3. The number of fused-ring (bicyclic) bond motifs is 1. The molecule has 0 N–H and O–H groups in total. The van der Waals surface area contributed by atoms with Crippen molar-refractivity contribution in [1.82, 2.24) is 0 Å². The number of carbonyl (C=O) groups excluding carboxylic acids is 1. The molecule has 1 aromatic rings. The number of nitrogens with zero attached hydrogens (tertiary/aromatic N) is 2. The van der Waals surface area contributed by atoms with Gasteiger partial charge in [-0.25, -0.2) is 4.79 Å². The average Bonchev–Trinajstić information content (AvgIpc) is 2.52. The van der Waals surface area contributed by atoms with Gasteiger partial charge in [-0.3, -0.25) is 4.90 Å². The molecule has 0 bridgehead atoms. The van der Waals surface area contributed by atoms with Gasteiger partial charge in [0.25, 0.3) is 0 Å². The highest BCUT2D eigenvalue weighted by Gasteiger charge is 2.36. The maximum Gasteiger partial charge on any atom is 0.414 e. The van der Waals surface area contributed by atoms with Gasteiger partial charge in [-0.15, -0.1) is 0 Å². The van der Waals surface area contributed by atoms with E-state index in [0.717, 1.165) is 5.56 Å². The van der Waals surface area contributed by atoms with Crippen molar-refractivity contribution in [3.63, 3.8) is 0 Å². The minimum absolute atomic E-state index is 0.130. The number of carbonyl (C=O) groups is 1. The Morgan fingerprint density at radius 3 is 2.55 bits per heavy atom. The van der Waals surface area contributed by atoms with Gasteiger partial charge >= 0.3 is 6.09 Å².